The lowest BCUT2D eigenvalue weighted by atomic mass is 10.2. The lowest BCUT2D eigenvalue weighted by Crippen LogP contribution is -2.24. The molecule has 0 aliphatic carbocycles. The molecule has 0 saturated heterocycles. The molecule has 1 aromatic rings. The van der Waals surface area contributed by atoms with Crippen LogP contribution >= 0.6 is 0 Å². The first-order valence-corrected chi connectivity index (χ1v) is 4.60. The van der Waals surface area contributed by atoms with Crippen LogP contribution in [0.1, 0.15) is 18.9 Å². The van der Waals surface area contributed by atoms with Gasteiger partial charge in [-0.1, -0.05) is 0 Å². The van der Waals surface area contributed by atoms with E-state index in [-0.39, 0.29) is 5.82 Å². The molecule has 3 nitrogen and oxygen atoms in total. The fourth-order valence-electron chi connectivity index (χ4n) is 1.23. The maximum Gasteiger partial charge on any atom is 0.391 e. The Morgan fingerprint density at radius 2 is 2.25 bits per heavy atom. The average molecular weight is 229 g/mol. The molecule has 6 heteroatoms. The van der Waals surface area contributed by atoms with Gasteiger partial charge < -0.3 is 5.32 Å². The van der Waals surface area contributed by atoms with E-state index in [1.54, 1.807) is 0 Å². The van der Waals surface area contributed by atoms with Crippen molar-refractivity contribution < 1.29 is 13.2 Å². The molecule has 0 bridgehead atoms. The van der Waals surface area contributed by atoms with E-state index in [4.69, 9.17) is 5.26 Å². The second kappa shape index (κ2) is 4.84. The number of nitrogens with one attached hydrogen (secondary N) is 1. The van der Waals surface area contributed by atoms with Crippen molar-refractivity contribution in [3.05, 3.63) is 23.9 Å². The molecule has 0 saturated carbocycles. The fourth-order valence-corrected chi connectivity index (χ4v) is 1.23. The highest BCUT2D eigenvalue weighted by atomic mass is 19.4. The number of alkyl halides is 3. The van der Waals surface area contributed by atoms with Crippen molar-refractivity contribution in [2.75, 3.05) is 5.32 Å². The smallest absolute Gasteiger partial charge is 0.367 e. The van der Waals surface area contributed by atoms with Gasteiger partial charge in [0.15, 0.2) is 0 Å². The quantitative estimate of drug-likeness (QED) is 0.866. The van der Waals surface area contributed by atoms with Gasteiger partial charge in [0.2, 0.25) is 0 Å². The minimum Gasteiger partial charge on any atom is -0.367 e. The molecule has 1 heterocycles. The third-order valence-corrected chi connectivity index (χ3v) is 1.82. The summed E-state index contributed by atoms with van der Waals surface area (Å²) in [6.45, 7) is 1.41. The number of rotatable bonds is 3. The highest BCUT2D eigenvalue weighted by molar-refractivity contribution is 5.42. The van der Waals surface area contributed by atoms with Gasteiger partial charge in [-0.2, -0.15) is 18.4 Å². The highest BCUT2D eigenvalue weighted by Crippen LogP contribution is 2.22. The first-order chi connectivity index (χ1) is 7.40. The highest BCUT2D eigenvalue weighted by Gasteiger charge is 2.29. The van der Waals surface area contributed by atoms with E-state index in [2.05, 4.69) is 10.3 Å². The summed E-state index contributed by atoms with van der Waals surface area (Å²) in [7, 11) is 0. The van der Waals surface area contributed by atoms with E-state index < -0.39 is 18.6 Å². The van der Waals surface area contributed by atoms with Crippen molar-refractivity contribution in [2.24, 2.45) is 0 Å². The molecule has 0 fully saturated rings. The third-order valence-electron chi connectivity index (χ3n) is 1.82. The molecule has 0 radical (unpaired) electrons. The molecular weight excluding hydrogens is 219 g/mol. The van der Waals surface area contributed by atoms with Gasteiger partial charge >= 0.3 is 6.18 Å². The monoisotopic (exact) mass is 229 g/mol. The van der Waals surface area contributed by atoms with Crippen LogP contribution in [-0.4, -0.2) is 17.2 Å². The number of hydrogen-bond acceptors (Lipinski definition) is 3. The van der Waals surface area contributed by atoms with Crippen LogP contribution in [0.15, 0.2) is 18.3 Å². The number of anilines is 1. The Labute approximate surface area is 90.9 Å². The van der Waals surface area contributed by atoms with Crippen molar-refractivity contribution in [2.45, 2.75) is 25.6 Å². The second-order valence-electron chi connectivity index (χ2n) is 3.41. The normalized spacial score (nSPS) is 12.9. The summed E-state index contributed by atoms with van der Waals surface area (Å²) in [4.78, 5) is 3.83. The summed E-state index contributed by atoms with van der Waals surface area (Å²) in [5, 5.41) is 11.2. The summed E-state index contributed by atoms with van der Waals surface area (Å²) in [6.07, 6.45) is -3.77. The Hall–Kier alpha value is -1.77. The molecule has 1 N–H and O–H groups in total. The Bertz CT molecular complexity index is 395. The fraction of sp³-hybridized carbons (Fsp3) is 0.400. The number of nitrogens with zero attached hydrogens (tertiary/aromatic N) is 2. The van der Waals surface area contributed by atoms with E-state index in [1.165, 1.54) is 25.3 Å². The van der Waals surface area contributed by atoms with E-state index in [9.17, 15) is 13.2 Å². The van der Waals surface area contributed by atoms with Crippen molar-refractivity contribution in [3.63, 3.8) is 0 Å². The topological polar surface area (TPSA) is 48.7 Å². The standard InChI is InChI=1S/C10H10F3N3/c1-7(5-10(11,12)13)16-9-4-8(6-14)2-3-15-9/h2-4,7H,5H2,1H3,(H,15,16). The molecule has 1 aromatic heterocycles. The van der Waals surface area contributed by atoms with Gasteiger partial charge in [-0.25, -0.2) is 4.98 Å². The minimum absolute atomic E-state index is 0.274. The summed E-state index contributed by atoms with van der Waals surface area (Å²) in [5.74, 6) is 0.274. The van der Waals surface area contributed by atoms with E-state index in [0.717, 1.165) is 0 Å². The Kier molecular flexibility index (Phi) is 3.72. The first kappa shape index (κ1) is 12.3. The number of halogens is 3. The molecule has 0 aliphatic heterocycles. The molecule has 16 heavy (non-hydrogen) atoms. The van der Waals surface area contributed by atoms with Gasteiger partial charge in [-0.3, -0.25) is 0 Å². The van der Waals surface area contributed by atoms with Crippen LogP contribution < -0.4 is 5.32 Å². The van der Waals surface area contributed by atoms with Crippen LogP contribution in [-0.2, 0) is 0 Å². The molecular formula is C10H10F3N3. The first-order valence-electron chi connectivity index (χ1n) is 4.60. The SMILES string of the molecule is CC(CC(F)(F)F)Nc1cc(C#N)ccn1. The van der Waals surface area contributed by atoms with Crippen molar-refractivity contribution >= 4 is 5.82 Å². The van der Waals surface area contributed by atoms with Gasteiger partial charge in [0, 0.05) is 12.2 Å². The zero-order valence-electron chi connectivity index (χ0n) is 8.54. The second-order valence-corrected chi connectivity index (χ2v) is 3.41. The maximum absolute atomic E-state index is 12.0. The molecule has 0 amide bonds. The lowest BCUT2D eigenvalue weighted by molar-refractivity contribution is -0.136. The summed E-state index contributed by atoms with van der Waals surface area (Å²) in [5.41, 5.74) is 0.358. The average Bonchev–Trinajstić information content (AvgIpc) is 2.15. The summed E-state index contributed by atoms with van der Waals surface area (Å²) in [6, 6.07) is 4.01. The largest absolute Gasteiger partial charge is 0.391 e. The van der Waals surface area contributed by atoms with E-state index in [0.29, 0.717) is 5.56 Å². The van der Waals surface area contributed by atoms with Crippen LogP contribution in [0.25, 0.3) is 0 Å². The Balaban J connectivity index is 2.63. The van der Waals surface area contributed by atoms with Gasteiger partial charge in [0.25, 0.3) is 0 Å². The van der Waals surface area contributed by atoms with Gasteiger partial charge in [0.05, 0.1) is 18.1 Å². The molecule has 1 unspecified atom stereocenters. The summed E-state index contributed by atoms with van der Waals surface area (Å²) < 4.78 is 36.1. The van der Waals surface area contributed by atoms with Gasteiger partial charge in [-0.05, 0) is 19.1 Å². The van der Waals surface area contributed by atoms with E-state index >= 15 is 0 Å². The van der Waals surface area contributed by atoms with Crippen LogP contribution in [0, 0.1) is 11.3 Å². The van der Waals surface area contributed by atoms with Crippen molar-refractivity contribution in [1.82, 2.24) is 4.98 Å². The minimum atomic E-state index is -4.21. The van der Waals surface area contributed by atoms with Crippen LogP contribution in [0.2, 0.25) is 0 Å². The zero-order chi connectivity index (χ0) is 12.2. The maximum atomic E-state index is 12.0. The Morgan fingerprint density at radius 3 is 2.81 bits per heavy atom. The van der Waals surface area contributed by atoms with Crippen LogP contribution in [0.4, 0.5) is 19.0 Å². The van der Waals surface area contributed by atoms with Crippen LogP contribution in [0.3, 0.4) is 0 Å². The predicted octanol–water partition coefficient (Wildman–Crippen LogP) is 2.71. The number of aromatic nitrogens is 1. The van der Waals surface area contributed by atoms with E-state index in [1.807, 2.05) is 6.07 Å². The number of hydrogen-bond donors (Lipinski definition) is 1. The molecule has 1 rings (SSSR count). The molecule has 0 aliphatic rings. The molecule has 1 atom stereocenters. The van der Waals surface area contributed by atoms with Crippen molar-refractivity contribution in [3.8, 4) is 6.07 Å². The Morgan fingerprint density at radius 1 is 1.56 bits per heavy atom. The predicted molar refractivity (Wildman–Crippen MR) is 52.7 cm³/mol. The van der Waals surface area contributed by atoms with Gasteiger partial charge in [-0.15, -0.1) is 0 Å². The lowest BCUT2D eigenvalue weighted by Gasteiger charge is -2.16. The molecule has 0 aromatic carbocycles. The summed E-state index contributed by atoms with van der Waals surface area (Å²) >= 11 is 0. The van der Waals surface area contributed by atoms with Crippen molar-refractivity contribution in [1.29, 1.82) is 5.26 Å². The van der Waals surface area contributed by atoms with Crippen LogP contribution in [0.5, 0.6) is 0 Å². The molecule has 86 valence electrons. The zero-order valence-corrected chi connectivity index (χ0v) is 8.54. The van der Waals surface area contributed by atoms with Gasteiger partial charge in [0.1, 0.15) is 5.82 Å². The third kappa shape index (κ3) is 4.17. The number of pyridine rings is 1. The number of nitriles is 1. The molecule has 0 spiro atoms.